The molecular weight excluding hydrogens is 292 g/mol. The molecule has 2 rings (SSSR count). The Morgan fingerprint density at radius 3 is 2.52 bits per heavy atom. The number of hydrogen-bond acceptors (Lipinski definition) is 4. The molecule has 0 amide bonds. The van der Waals surface area contributed by atoms with E-state index in [9.17, 15) is 14.7 Å². The third-order valence-corrected chi connectivity index (χ3v) is 3.88. The van der Waals surface area contributed by atoms with Crippen LogP contribution in [0.25, 0.3) is 0 Å². The monoisotopic (exact) mass is 312 g/mol. The second-order valence-corrected chi connectivity index (χ2v) is 5.44. The van der Waals surface area contributed by atoms with Gasteiger partial charge in [0.1, 0.15) is 5.75 Å². The van der Waals surface area contributed by atoms with Crippen molar-refractivity contribution in [3.63, 3.8) is 0 Å². The van der Waals surface area contributed by atoms with E-state index >= 15 is 0 Å². The minimum atomic E-state index is -0.447. The summed E-state index contributed by atoms with van der Waals surface area (Å²) in [5.41, 5.74) is 2.32. The van der Waals surface area contributed by atoms with Gasteiger partial charge in [-0.05, 0) is 36.6 Å². The van der Waals surface area contributed by atoms with Crippen molar-refractivity contribution in [3.05, 3.63) is 65.2 Å². The molecule has 4 nitrogen and oxygen atoms in total. The van der Waals surface area contributed by atoms with Crippen molar-refractivity contribution in [3.8, 4) is 5.75 Å². The quantitative estimate of drug-likeness (QED) is 0.653. The summed E-state index contributed by atoms with van der Waals surface area (Å²) in [5, 5.41) is 9.60. The Kier molecular flexibility index (Phi) is 5.52. The second-order valence-electron chi connectivity index (χ2n) is 5.44. The van der Waals surface area contributed by atoms with E-state index in [2.05, 4.69) is 4.74 Å². The molecular formula is C19H20O4. The topological polar surface area (TPSA) is 63.6 Å². The first-order chi connectivity index (χ1) is 11.0. The van der Waals surface area contributed by atoms with Crippen LogP contribution in [0.3, 0.4) is 0 Å². The van der Waals surface area contributed by atoms with Gasteiger partial charge in [0.2, 0.25) is 0 Å². The van der Waals surface area contributed by atoms with Crippen molar-refractivity contribution < 1.29 is 19.4 Å². The number of carbonyl (C=O) groups is 2. The number of benzene rings is 2. The first-order valence-corrected chi connectivity index (χ1v) is 7.48. The number of phenols is 1. The minimum absolute atomic E-state index is 0.0485. The number of esters is 1. The molecule has 0 saturated carbocycles. The van der Waals surface area contributed by atoms with Crippen molar-refractivity contribution in [1.29, 1.82) is 0 Å². The van der Waals surface area contributed by atoms with Crippen molar-refractivity contribution in [2.24, 2.45) is 0 Å². The summed E-state index contributed by atoms with van der Waals surface area (Å²) in [7, 11) is 1.34. The van der Waals surface area contributed by atoms with Crippen LogP contribution in [0.15, 0.2) is 48.5 Å². The fraction of sp³-hybridized carbons (Fsp3) is 0.263. The molecule has 1 unspecified atom stereocenters. The number of hydrogen-bond donors (Lipinski definition) is 1. The summed E-state index contributed by atoms with van der Waals surface area (Å²) >= 11 is 0. The molecule has 0 aliphatic heterocycles. The highest BCUT2D eigenvalue weighted by molar-refractivity contribution is 6.01. The van der Waals surface area contributed by atoms with Gasteiger partial charge in [-0.2, -0.15) is 0 Å². The van der Waals surface area contributed by atoms with E-state index in [1.807, 2.05) is 31.2 Å². The Hall–Kier alpha value is -2.62. The third-order valence-electron chi connectivity index (χ3n) is 3.88. The SMILES string of the molecule is COC(=O)CCC(C(=O)c1cccc(O)c1)c1ccccc1C. The van der Waals surface area contributed by atoms with E-state index < -0.39 is 5.92 Å². The van der Waals surface area contributed by atoms with Gasteiger partial charge in [0.05, 0.1) is 7.11 Å². The lowest BCUT2D eigenvalue weighted by Gasteiger charge is -2.18. The van der Waals surface area contributed by atoms with Crippen LogP contribution in [-0.4, -0.2) is 24.0 Å². The van der Waals surface area contributed by atoms with Crippen LogP contribution in [0.1, 0.15) is 40.2 Å². The molecule has 1 N–H and O–H groups in total. The van der Waals surface area contributed by atoms with E-state index in [1.54, 1.807) is 12.1 Å². The predicted octanol–water partition coefficient (Wildman–Crippen LogP) is 3.62. The van der Waals surface area contributed by atoms with Crippen molar-refractivity contribution in [1.82, 2.24) is 0 Å². The zero-order valence-corrected chi connectivity index (χ0v) is 13.3. The van der Waals surface area contributed by atoms with Crippen LogP contribution in [-0.2, 0) is 9.53 Å². The number of methoxy groups -OCH3 is 1. The fourth-order valence-corrected chi connectivity index (χ4v) is 2.63. The van der Waals surface area contributed by atoms with Crippen LogP contribution < -0.4 is 0 Å². The third kappa shape index (κ3) is 4.19. The molecule has 0 bridgehead atoms. The molecule has 2 aromatic carbocycles. The van der Waals surface area contributed by atoms with Gasteiger partial charge >= 0.3 is 5.97 Å². The van der Waals surface area contributed by atoms with E-state index in [4.69, 9.17) is 0 Å². The first-order valence-electron chi connectivity index (χ1n) is 7.48. The summed E-state index contributed by atoms with van der Waals surface area (Å²) in [6.07, 6.45) is 0.534. The standard InChI is InChI=1S/C19H20O4/c1-13-6-3-4-9-16(13)17(10-11-18(21)23-2)19(22)14-7-5-8-15(20)12-14/h3-9,12,17,20H,10-11H2,1-2H3. The maximum absolute atomic E-state index is 12.9. The lowest BCUT2D eigenvalue weighted by Crippen LogP contribution is -2.16. The molecule has 0 aliphatic rings. The predicted molar refractivity (Wildman–Crippen MR) is 87.6 cm³/mol. The molecule has 0 heterocycles. The van der Waals surface area contributed by atoms with Crippen LogP contribution >= 0.6 is 0 Å². The Labute approximate surface area is 135 Å². The molecule has 2 aromatic rings. The van der Waals surface area contributed by atoms with E-state index in [1.165, 1.54) is 19.2 Å². The maximum atomic E-state index is 12.9. The van der Waals surface area contributed by atoms with Gasteiger partial charge < -0.3 is 9.84 Å². The van der Waals surface area contributed by atoms with Crippen LogP contribution in [0.4, 0.5) is 0 Å². The number of aromatic hydroxyl groups is 1. The van der Waals surface area contributed by atoms with Gasteiger partial charge in [0.25, 0.3) is 0 Å². The number of Topliss-reactive ketones (excluding diaryl/α,β-unsaturated/α-hetero) is 1. The number of phenolic OH excluding ortho intramolecular Hbond substituents is 1. The highest BCUT2D eigenvalue weighted by Crippen LogP contribution is 2.29. The highest BCUT2D eigenvalue weighted by atomic mass is 16.5. The molecule has 0 fully saturated rings. The van der Waals surface area contributed by atoms with Crippen LogP contribution in [0, 0.1) is 6.92 Å². The molecule has 0 radical (unpaired) electrons. The number of ketones is 1. The van der Waals surface area contributed by atoms with Crippen molar-refractivity contribution >= 4 is 11.8 Å². The van der Waals surface area contributed by atoms with Crippen molar-refractivity contribution in [2.75, 3.05) is 7.11 Å². The number of ether oxygens (including phenoxy) is 1. The normalized spacial score (nSPS) is 11.7. The molecule has 120 valence electrons. The maximum Gasteiger partial charge on any atom is 0.305 e. The fourth-order valence-electron chi connectivity index (χ4n) is 2.63. The van der Waals surface area contributed by atoms with E-state index in [0.717, 1.165) is 11.1 Å². The van der Waals surface area contributed by atoms with Gasteiger partial charge in [0.15, 0.2) is 5.78 Å². The highest BCUT2D eigenvalue weighted by Gasteiger charge is 2.24. The zero-order chi connectivity index (χ0) is 16.8. The van der Waals surface area contributed by atoms with E-state index in [0.29, 0.717) is 12.0 Å². The van der Waals surface area contributed by atoms with Crippen molar-refractivity contribution in [2.45, 2.75) is 25.7 Å². The Bertz CT molecular complexity index is 706. The Morgan fingerprint density at radius 1 is 1.13 bits per heavy atom. The second kappa shape index (κ2) is 7.58. The van der Waals surface area contributed by atoms with Gasteiger partial charge in [0, 0.05) is 17.9 Å². The number of carbonyl (C=O) groups excluding carboxylic acids is 2. The Balaban J connectivity index is 2.35. The average Bonchev–Trinajstić information content (AvgIpc) is 2.56. The lowest BCUT2D eigenvalue weighted by molar-refractivity contribution is -0.140. The molecule has 23 heavy (non-hydrogen) atoms. The molecule has 0 aromatic heterocycles. The van der Waals surface area contributed by atoms with Gasteiger partial charge in [-0.25, -0.2) is 0 Å². The van der Waals surface area contributed by atoms with Gasteiger partial charge in [-0.1, -0.05) is 36.4 Å². The van der Waals surface area contributed by atoms with Crippen LogP contribution in [0.2, 0.25) is 0 Å². The molecule has 0 aliphatic carbocycles. The summed E-state index contributed by atoms with van der Waals surface area (Å²) in [6, 6.07) is 13.9. The molecule has 1 atom stereocenters. The molecule has 4 heteroatoms. The van der Waals surface area contributed by atoms with Gasteiger partial charge in [-0.15, -0.1) is 0 Å². The number of aryl methyl sites for hydroxylation is 1. The first kappa shape index (κ1) is 16.7. The number of rotatable bonds is 6. The zero-order valence-electron chi connectivity index (χ0n) is 13.3. The smallest absolute Gasteiger partial charge is 0.305 e. The lowest BCUT2D eigenvalue weighted by atomic mass is 9.85. The Morgan fingerprint density at radius 2 is 1.87 bits per heavy atom. The summed E-state index contributed by atoms with van der Waals surface area (Å²) in [6.45, 7) is 1.94. The minimum Gasteiger partial charge on any atom is -0.508 e. The van der Waals surface area contributed by atoms with Crippen LogP contribution in [0.5, 0.6) is 5.75 Å². The molecule has 0 spiro atoms. The van der Waals surface area contributed by atoms with E-state index in [-0.39, 0.29) is 23.9 Å². The summed E-state index contributed by atoms with van der Waals surface area (Å²) < 4.78 is 4.68. The average molecular weight is 312 g/mol. The summed E-state index contributed by atoms with van der Waals surface area (Å²) in [4.78, 5) is 24.4. The summed E-state index contributed by atoms with van der Waals surface area (Å²) in [5.74, 6) is -0.851. The largest absolute Gasteiger partial charge is 0.508 e. The van der Waals surface area contributed by atoms with Gasteiger partial charge in [-0.3, -0.25) is 9.59 Å². The molecule has 0 saturated heterocycles.